The van der Waals surface area contributed by atoms with Crippen LogP contribution in [0.4, 0.5) is 11.4 Å². The smallest absolute Gasteiger partial charge is 0.311 e. The van der Waals surface area contributed by atoms with Crippen molar-refractivity contribution in [3.63, 3.8) is 0 Å². The topological polar surface area (TPSA) is 90.4 Å². The number of likely N-dealkylation sites (tertiary alicyclic amines) is 1. The molecule has 0 bridgehead atoms. The van der Waals surface area contributed by atoms with Crippen LogP contribution >= 0.6 is 11.8 Å². The van der Waals surface area contributed by atoms with Gasteiger partial charge in [0.1, 0.15) is 12.6 Å². The van der Waals surface area contributed by atoms with E-state index in [4.69, 9.17) is 4.74 Å². The van der Waals surface area contributed by atoms with Gasteiger partial charge in [-0.05, 0) is 70.4 Å². The molecule has 5 rings (SSSR count). The van der Waals surface area contributed by atoms with E-state index in [1.54, 1.807) is 21.6 Å². The predicted molar refractivity (Wildman–Crippen MR) is 154 cm³/mol. The van der Waals surface area contributed by atoms with Gasteiger partial charge in [0.05, 0.1) is 16.6 Å². The highest BCUT2D eigenvalue weighted by atomic mass is 32.2. The summed E-state index contributed by atoms with van der Waals surface area (Å²) in [5, 5.41) is 9.25. The van der Waals surface area contributed by atoms with Gasteiger partial charge in [-0.2, -0.15) is 0 Å². The largest absolute Gasteiger partial charge is 0.461 e. The van der Waals surface area contributed by atoms with Gasteiger partial charge in [0, 0.05) is 48.9 Å². The molecule has 0 radical (unpaired) electrons. The number of fused-ring (bicyclic) bond motifs is 2. The molecule has 8 nitrogen and oxygen atoms in total. The number of benzene rings is 1. The number of anilines is 2. The monoisotopic (exact) mass is 553 g/mol. The van der Waals surface area contributed by atoms with E-state index in [1.165, 1.54) is 0 Å². The molecule has 2 amide bonds. The van der Waals surface area contributed by atoms with E-state index in [2.05, 4.69) is 18.7 Å². The number of amides is 2. The lowest BCUT2D eigenvalue weighted by molar-refractivity contribution is -0.152. The van der Waals surface area contributed by atoms with Gasteiger partial charge in [-0.25, -0.2) is 0 Å². The minimum atomic E-state index is -0.874. The SMILES string of the molecule is CCN(CC)c1ccc(N2CC=C[C@]34S[C@]5(C)C=CCOC(=O)[C@@H]5[C@H]3C(=O)N(CCCCCO)C4C2=O)cc1. The van der Waals surface area contributed by atoms with Crippen molar-refractivity contribution < 1.29 is 24.2 Å². The first-order chi connectivity index (χ1) is 18.8. The second-order valence-corrected chi connectivity index (χ2v) is 12.7. The lowest BCUT2D eigenvalue weighted by Gasteiger charge is -2.36. The van der Waals surface area contributed by atoms with E-state index in [1.807, 2.05) is 55.5 Å². The van der Waals surface area contributed by atoms with Crippen molar-refractivity contribution in [2.75, 3.05) is 49.2 Å². The van der Waals surface area contributed by atoms with Crippen molar-refractivity contribution in [1.29, 1.82) is 0 Å². The molecule has 1 unspecified atom stereocenters. The Morgan fingerprint density at radius 2 is 1.74 bits per heavy atom. The predicted octanol–water partition coefficient (Wildman–Crippen LogP) is 3.40. The molecule has 1 spiro atoms. The van der Waals surface area contributed by atoms with Gasteiger partial charge >= 0.3 is 5.97 Å². The molecule has 4 aliphatic rings. The van der Waals surface area contributed by atoms with Crippen LogP contribution in [0.3, 0.4) is 0 Å². The average molecular weight is 554 g/mol. The molecule has 0 aliphatic carbocycles. The lowest BCUT2D eigenvalue weighted by atomic mass is 9.75. The Kier molecular flexibility index (Phi) is 7.84. The fourth-order valence-electron chi connectivity index (χ4n) is 6.83. The van der Waals surface area contributed by atoms with Crippen molar-refractivity contribution in [2.24, 2.45) is 11.8 Å². The number of hydrogen-bond acceptors (Lipinski definition) is 7. The van der Waals surface area contributed by atoms with Gasteiger partial charge < -0.3 is 24.5 Å². The highest BCUT2D eigenvalue weighted by Crippen LogP contribution is 2.65. The molecule has 1 aromatic rings. The number of unbranched alkanes of at least 4 members (excludes halogenated alkanes) is 2. The standard InChI is InChI=1S/C30H39N3O5S/c1-4-31(5-2)21-11-13-22(14-12-21)32-18-9-16-30-23(24-28(37)38-20-10-15-29(24,3)39-30)26(35)33(25(30)27(32)36)17-7-6-8-19-34/h9-16,23-25,34H,4-8,17-20H2,1-3H3/t23-,24-,25?,29+,30-/m0/s1. The van der Waals surface area contributed by atoms with Crippen LogP contribution in [0.5, 0.6) is 0 Å². The third-order valence-electron chi connectivity index (χ3n) is 8.66. The normalized spacial score (nSPS) is 31.5. The summed E-state index contributed by atoms with van der Waals surface area (Å²) in [5.41, 5.74) is 1.89. The Hall–Kier alpha value is -2.78. The highest BCUT2D eigenvalue weighted by Gasteiger charge is 2.74. The fraction of sp³-hybridized carbons (Fsp3) is 0.567. The van der Waals surface area contributed by atoms with Gasteiger partial charge in [-0.15, -0.1) is 11.8 Å². The maximum atomic E-state index is 14.5. The highest BCUT2D eigenvalue weighted by molar-refractivity contribution is 8.02. The first-order valence-electron chi connectivity index (χ1n) is 14.1. The molecule has 2 saturated heterocycles. The first kappa shape index (κ1) is 27.8. The second kappa shape index (κ2) is 11.0. The zero-order chi connectivity index (χ0) is 27.8. The molecule has 1 N–H and O–H groups in total. The first-order valence-corrected chi connectivity index (χ1v) is 14.9. The third kappa shape index (κ3) is 4.57. The Balaban J connectivity index is 1.54. The van der Waals surface area contributed by atoms with Crippen molar-refractivity contribution >= 4 is 40.9 Å². The molecule has 210 valence electrons. The van der Waals surface area contributed by atoms with Crippen LogP contribution in [0.1, 0.15) is 40.0 Å². The van der Waals surface area contributed by atoms with Crippen molar-refractivity contribution in [1.82, 2.24) is 4.90 Å². The van der Waals surface area contributed by atoms with Gasteiger partial charge in [-0.3, -0.25) is 14.4 Å². The summed E-state index contributed by atoms with van der Waals surface area (Å²) < 4.78 is 3.97. The lowest BCUT2D eigenvalue weighted by Crippen LogP contribution is -2.53. The van der Waals surface area contributed by atoms with Crippen LogP contribution < -0.4 is 9.80 Å². The summed E-state index contributed by atoms with van der Waals surface area (Å²) in [6, 6.07) is 7.30. The number of esters is 1. The molecule has 2 fully saturated rings. The maximum absolute atomic E-state index is 14.5. The Labute approximate surface area is 235 Å². The van der Waals surface area contributed by atoms with Crippen LogP contribution in [-0.2, 0) is 19.1 Å². The molecular weight excluding hydrogens is 514 g/mol. The molecule has 1 aromatic carbocycles. The Bertz CT molecular complexity index is 1170. The van der Waals surface area contributed by atoms with Crippen molar-refractivity contribution in [3.05, 3.63) is 48.6 Å². The number of rotatable bonds is 9. The van der Waals surface area contributed by atoms with Crippen LogP contribution in [0, 0.1) is 11.8 Å². The summed E-state index contributed by atoms with van der Waals surface area (Å²) in [6.45, 7) is 9.11. The minimum absolute atomic E-state index is 0.0946. The van der Waals surface area contributed by atoms with Crippen LogP contribution in [0.15, 0.2) is 48.6 Å². The van der Waals surface area contributed by atoms with E-state index in [9.17, 15) is 19.5 Å². The van der Waals surface area contributed by atoms with Crippen molar-refractivity contribution in [2.45, 2.75) is 55.6 Å². The number of cyclic esters (lactones) is 1. The molecule has 0 saturated carbocycles. The van der Waals surface area contributed by atoms with Crippen LogP contribution in [-0.4, -0.2) is 82.7 Å². The maximum Gasteiger partial charge on any atom is 0.311 e. The zero-order valence-corrected chi connectivity index (χ0v) is 23.9. The summed E-state index contributed by atoms with van der Waals surface area (Å²) in [7, 11) is 0. The minimum Gasteiger partial charge on any atom is -0.461 e. The summed E-state index contributed by atoms with van der Waals surface area (Å²) in [5.74, 6) is -2.01. The summed E-state index contributed by atoms with van der Waals surface area (Å²) >= 11 is 1.56. The molecule has 4 aliphatic heterocycles. The molecule has 39 heavy (non-hydrogen) atoms. The van der Waals surface area contributed by atoms with Gasteiger partial charge in [0.25, 0.3) is 5.91 Å². The number of nitrogens with zero attached hydrogens (tertiary/aromatic N) is 3. The van der Waals surface area contributed by atoms with E-state index in [0.717, 1.165) is 30.9 Å². The number of aliphatic hydroxyl groups is 1. The number of aliphatic hydroxyl groups excluding tert-OH is 1. The van der Waals surface area contributed by atoms with E-state index in [-0.39, 0.29) is 31.0 Å². The number of carbonyl (C=O) groups is 3. The second-order valence-electron chi connectivity index (χ2n) is 10.9. The zero-order valence-electron chi connectivity index (χ0n) is 23.0. The average Bonchev–Trinajstić information content (AvgIpc) is 3.18. The van der Waals surface area contributed by atoms with E-state index in [0.29, 0.717) is 25.9 Å². The van der Waals surface area contributed by atoms with E-state index < -0.39 is 27.4 Å². The van der Waals surface area contributed by atoms with Crippen molar-refractivity contribution in [3.8, 4) is 0 Å². The van der Waals surface area contributed by atoms with Crippen LogP contribution in [0.2, 0.25) is 0 Å². The number of hydrogen-bond donors (Lipinski definition) is 1. The molecule has 0 aromatic heterocycles. The fourth-order valence-corrected chi connectivity index (χ4v) is 8.98. The van der Waals surface area contributed by atoms with Crippen LogP contribution in [0.25, 0.3) is 0 Å². The molecule has 5 atom stereocenters. The number of carbonyl (C=O) groups excluding carboxylic acids is 3. The molecular formula is C30H39N3O5S. The van der Waals surface area contributed by atoms with Gasteiger partial charge in [-0.1, -0.05) is 18.2 Å². The number of thioether (sulfide) groups is 1. The van der Waals surface area contributed by atoms with Gasteiger partial charge in [0.2, 0.25) is 5.91 Å². The quantitative estimate of drug-likeness (QED) is 0.285. The Morgan fingerprint density at radius 3 is 2.44 bits per heavy atom. The number of ether oxygens (including phenoxy) is 1. The summed E-state index contributed by atoms with van der Waals surface area (Å²) in [6.07, 6.45) is 9.93. The molecule has 4 heterocycles. The Morgan fingerprint density at radius 1 is 1.00 bits per heavy atom. The molecule has 9 heteroatoms. The third-order valence-corrected chi connectivity index (χ3v) is 10.5. The van der Waals surface area contributed by atoms with Gasteiger partial charge in [0.15, 0.2) is 0 Å². The summed E-state index contributed by atoms with van der Waals surface area (Å²) in [4.78, 5) is 47.7. The van der Waals surface area contributed by atoms with E-state index >= 15 is 0 Å².